The van der Waals surface area contributed by atoms with Gasteiger partial charge in [0.1, 0.15) is 6.61 Å². The highest BCUT2D eigenvalue weighted by Gasteiger charge is 2.39. The zero-order chi connectivity index (χ0) is 21.1. The van der Waals surface area contributed by atoms with E-state index in [1.807, 2.05) is 24.3 Å². The number of carbonyl (C=O) groups is 2. The number of nitrogens with one attached hydrogen (secondary N) is 1. The summed E-state index contributed by atoms with van der Waals surface area (Å²) in [6.07, 6.45) is 0.704. The van der Waals surface area contributed by atoms with Gasteiger partial charge in [0.05, 0.1) is 12.0 Å². The molecule has 1 unspecified atom stereocenters. The monoisotopic (exact) mass is 409 g/mol. The second kappa shape index (κ2) is 8.48. The van der Waals surface area contributed by atoms with Crippen LogP contribution in [0.3, 0.4) is 0 Å². The van der Waals surface area contributed by atoms with Gasteiger partial charge in [-0.05, 0) is 47.9 Å². The molecule has 0 bridgehead atoms. The van der Waals surface area contributed by atoms with Gasteiger partial charge in [0, 0.05) is 19.1 Å². The van der Waals surface area contributed by atoms with Crippen molar-refractivity contribution in [2.75, 3.05) is 19.8 Å². The fraction of sp³-hybridized carbons (Fsp3) is 0.417. The largest absolute Gasteiger partial charge is 0.481 e. The fourth-order valence-corrected chi connectivity index (χ4v) is 4.81. The number of amides is 1. The highest BCUT2D eigenvalue weighted by Crippen LogP contribution is 2.44. The van der Waals surface area contributed by atoms with E-state index in [-0.39, 0.29) is 24.9 Å². The molecule has 0 spiro atoms. The first-order chi connectivity index (χ1) is 14.5. The Balaban J connectivity index is 1.47. The minimum atomic E-state index is -0.942. The molecule has 2 N–H and O–H groups in total. The Morgan fingerprint density at radius 2 is 1.63 bits per heavy atom. The lowest BCUT2D eigenvalue weighted by molar-refractivity contribution is -0.139. The van der Waals surface area contributed by atoms with Gasteiger partial charge in [0.15, 0.2) is 0 Å². The SMILES string of the molecule is CC(CC(=O)O)(NC(=O)OCC1c2ccccc2-c2ccccc21)C1CCOCC1. The van der Waals surface area contributed by atoms with E-state index in [9.17, 15) is 14.7 Å². The van der Waals surface area contributed by atoms with Crippen LogP contribution in [0, 0.1) is 5.92 Å². The number of carboxylic acids is 1. The van der Waals surface area contributed by atoms with Crippen LogP contribution in [0.15, 0.2) is 48.5 Å². The van der Waals surface area contributed by atoms with E-state index in [0.29, 0.717) is 26.1 Å². The Hall–Kier alpha value is -2.86. The van der Waals surface area contributed by atoms with Gasteiger partial charge >= 0.3 is 12.1 Å². The summed E-state index contributed by atoms with van der Waals surface area (Å²) in [4.78, 5) is 24.2. The number of hydrogen-bond acceptors (Lipinski definition) is 4. The van der Waals surface area contributed by atoms with Crippen LogP contribution < -0.4 is 5.32 Å². The van der Waals surface area contributed by atoms with Crippen molar-refractivity contribution in [2.24, 2.45) is 5.92 Å². The highest BCUT2D eigenvalue weighted by atomic mass is 16.5. The van der Waals surface area contributed by atoms with Crippen molar-refractivity contribution in [2.45, 2.75) is 37.6 Å². The molecular formula is C24H27NO5. The zero-order valence-corrected chi connectivity index (χ0v) is 17.1. The van der Waals surface area contributed by atoms with Crippen LogP contribution in [0.25, 0.3) is 11.1 Å². The first-order valence-corrected chi connectivity index (χ1v) is 10.4. The summed E-state index contributed by atoms with van der Waals surface area (Å²) in [7, 11) is 0. The average molecular weight is 409 g/mol. The Labute approximate surface area is 176 Å². The van der Waals surface area contributed by atoms with E-state index >= 15 is 0 Å². The molecule has 1 heterocycles. The molecule has 1 fully saturated rings. The average Bonchev–Trinajstić information content (AvgIpc) is 3.06. The van der Waals surface area contributed by atoms with Crippen molar-refractivity contribution in [1.82, 2.24) is 5.32 Å². The van der Waals surface area contributed by atoms with Gasteiger partial charge in [0.2, 0.25) is 0 Å². The van der Waals surface area contributed by atoms with Crippen LogP contribution in [-0.4, -0.2) is 42.5 Å². The van der Waals surface area contributed by atoms with E-state index in [4.69, 9.17) is 9.47 Å². The molecule has 1 aliphatic carbocycles. The van der Waals surface area contributed by atoms with Crippen LogP contribution in [0.5, 0.6) is 0 Å². The normalized spacial score (nSPS) is 18.2. The smallest absolute Gasteiger partial charge is 0.407 e. The van der Waals surface area contributed by atoms with Crippen LogP contribution in [-0.2, 0) is 14.3 Å². The number of ether oxygens (including phenoxy) is 2. The Morgan fingerprint density at radius 3 is 2.20 bits per heavy atom. The summed E-state index contributed by atoms with van der Waals surface area (Å²) in [6.45, 7) is 3.15. The molecule has 1 saturated heterocycles. The van der Waals surface area contributed by atoms with Gasteiger partial charge in [-0.15, -0.1) is 0 Å². The number of aliphatic carboxylic acids is 1. The lowest BCUT2D eigenvalue weighted by Gasteiger charge is -2.39. The summed E-state index contributed by atoms with van der Waals surface area (Å²) in [5.74, 6) is -0.942. The van der Waals surface area contributed by atoms with Crippen molar-refractivity contribution < 1.29 is 24.2 Å². The molecule has 1 aliphatic heterocycles. The topological polar surface area (TPSA) is 84.9 Å². The number of alkyl carbamates (subject to hydrolysis) is 1. The molecule has 1 amide bonds. The molecular weight excluding hydrogens is 382 g/mol. The van der Waals surface area contributed by atoms with Gasteiger partial charge in [-0.3, -0.25) is 4.79 Å². The lowest BCUT2D eigenvalue weighted by atomic mass is 9.78. The van der Waals surface area contributed by atoms with Gasteiger partial charge in [-0.2, -0.15) is 0 Å². The Bertz CT molecular complexity index is 891. The van der Waals surface area contributed by atoms with Crippen LogP contribution >= 0.6 is 0 Å². The molecule has 2 aromatic rings. The molecule has 2 aromatic carbocycles. The molecule has 2 aliphatic rings. The predicted octanol–water partition coefficient (Wildman–Crippen LogP) is 4.19. The van der Waals surface area contributed by atoms with Crippen molar-refractivity contribution in [1.29, 1.82) is 0 Å². The predicted molar refractivity (Wildman–Crippen MR) is 112 cm³/mol. The molecule has 0 aromatic heterocycles. The van der Waals surface area contributed by atoms with E-state index in [0.717, 1.165) is 11.1 Å². The summed E-state index contributed by atoms with van der Waals surface area (Å²) in [6, 6.07) is 16.3. The minimum absolute atomic E-state index is 0.0304. The lowest BCUT2D eigenvalue weighted by Crippen LogP contribution is -2.54. The van der Waals surface area contributed by atoms with E-state index < -0.39 is 17.6 Å². The number of rotatable bonds is 6. The van der Waals surface area contributed by atoms with E-state index in [1.54, 1.807) is 6.92 Å². The maximum Gasteiger partial charge on any atom is 0.407 e. The molecule has 158 valence electrons. The van der Waals surface area contributed by atoms with Gasteiger partial charge in [-0.25, -0.2) is 4.79 Å². The molecule has 30 heavy (non-hydrogen) atoms. The maximum absolute atomic E-state index is 12.7. The molecule has 0 radical (unpaired) electrons. The number of benzene rings is 2. The van der Waals surface area contributed by atoms with E-state index in [2.05, 4.69) is 29.6 Å². The number of hydrogen-bond donors (Lipinski definition) is 2. The molecule has 1 atom stereocenters. The number of carbonyl (C=O) groups excluding carboxylic acids is 1. The van der Waals surface area contributed by atoms with Gasteiger partial charge in [-0.1, -0.05) is 48.5 Å². The molecule has 0 saturated carbocycles. The van der Waals surface area contributed by atoms with Crippen molar-refractivity contribution in [3.63, 3.8) is 0 Å². The van der Waals surface area contributed by atoms with Crippen molar-refractivity contribution in [3.05, 3.63) is 59.7 Å². The first kappa shape index (κ1) is 20.4. The summed E-state index contributed by atoms with van der Waals surface area (Å²) >= 11 is 0. The van der Waals surface area contributed by atoms with E-state index in [1.165, 1.54) is 11.1 Å². The maximum atomic E-state index is 12.7. The summed E-state index contributed by atoms with van der Waals surface area (Å²) < 4.78 is 11.0. The second-order valence-electron chi connectivity index (χ2n) is 8.33. The summed E-state index contributed by atoms with van der Waals surface area (Å²) in [5, 5.41) is 12.3. The Kier molecular flexibility index (Phi) is 5.77. The fourth-order valence-electron chi connectivity index (χ4n) is 4.81. The van der Waals surface area contributed by atoms with Gasteiger partial charge in [0.25, 0.3) is 0 Å². The highest BCUT2D eigenvalue weighted by molar-refractivity contribution is 5.79. The Morgan fingerprint density at radius 1 is 1.07 bits per heavy atom. The quantitative estimate of drug-likeness (QED) is 0.747. The van der Waals surface area contributed by atoms with Gasteiger partial charge < -0.3 is 19.9 Å². The number of carboxylic acid groups (broad SMARTS) is 1. The first-order valence-electron chi connectivity index (χ1n) is 10.4. The van der Waals surface area contributed by atoms with Crippen molar-refractivity contribution >= 4 is 12.1 Å². The third-order valence-corrected chi connectivity index (χ3v) is 6.37. The minimum Gasteiger partial charge on any atom is -0.481 e. The number of fused-ring (bicyclic) bond motifs is 3. The third kappa shape index (κ3) is 4.05. The summed E-state index contributed by atoms with van der Waals surface area (Å²) in [5.41, 5.74) is 3.74. The molecule has 4 rings (SSSR count). The third-order valence-electron chi connectivity index (χ3n) is 6.37. The van der Waals surface area contributed by atoms with Crippen LogP contribution in [0.1, 0.15) is 43.2 Å². The van der Waals surface area contributed by atoms with Crippen LogP contribution in [0.4, 0.5) is 4.79 Å². The van der Waals surface area contributed by atoms with Crippen molar-refractivity contribution in [3.8, 4) is 11.1 Å². The second-order valence-corrected chi connectivity index (χ2v) is 8.33. The molecule has 6 nitrogen and oxygen atoms in total. The molecule has 6 heteroatoms. The van der Waals surface area contributed by atoms with Crippen LogP contribution in [0.2, 0.25) is 0 Å². The zero-order valence-electron chi connectivity index (χ0n) is 17.1. The standard InChI is InChI=1S/C24H27NO5/c1-24(14-22(26)27,16-10-12-29-13-11-16)25-23(28)30-15-21-19-8-4-2-6-17(19)18-7-3-5-9-20(18)21/h2-9,16,21H,10-15H2,1H3,(H,25,28)(H,26,27).